The molecule has 1 aromatic carbocycles. The molecule has 1 fully saturated rings. The third-order valence-electron chi connectivity index (χ3n) is 3.57. The zero-order chi connectivity index (χ0) is 17.1. The van der Waals surface area contributed by atoms with Gasteiger partial charge in [0.25, 0.3) is 5.91 Å². The Bertz CT molecular complexity index is 590. The molecular formula is C14H17NO8. The molecule has 0 saturated carbocycles. The molecule has 1 aliphatic heterocycles. The highest BCUT2D eigenvalue weighted by Gasteiger charge is 2.44. The summed E-state index contributed by atoms with van der Waals surface area (Å²) in [6.45, 7) is -0.636. The molecule has 0 aliphatic carbocycles. The second-order valence-corrected chi connectivity index (χ2v) is 5.07. The summed E-state index contributed by atoms with van der Waals surface area (Å²) in [7, 11) is 0. The number of ether oxygens (including phenoxy) is 1. The number of aliphatic hydroxyl groups is 4. The molecule has 0 aromatic heterocycles. The van der Waals surface area contributed by atoms with Gasteiger partial charge in [0.1, 0.15) is 24.4 Å². The molecule has 6 N–H and O–H groups in total. The number of carbonyl (C=O) groups excluding carboxylic acids is 1. The summed E-state index contributed by atoms with van der Waals surface area (Å²) in [4.78, 5) is 23.3. The third-order valence-corrected chi connectivity index (χ3v) is 3.57. The molecule has 1 heterocycles. The number of carbonyl (C=O) groups is 2. The summed E-state index contributed by atoms with van der Waals surface area (Å²) in [6, 6.07) is 5.44. The van der Waals surface area contributed by atoms with Crippen LogP contribution in [-0.4, -0.2) is 74.7 Å². The molecule has 1 amide bonds. The maximum Gasteiger partial charge on any atom is 0.336 e. The molecule has 0 spiro atoms. The lowest BCUT2D eigenvalue weighted by Crippen LogP contribution is -2.63. The van der Waals surface area contributed by atoms with Gasteiger partial charge < -0.3 is 35.6 Å². The van der Waals surface area contributed by atoms with E-state index in [1.165, 1.54) is 24.3 Å². The van der Waals surface area contributed by atoms with Crippen molar-refractivity contribution in [2.45, 2.75) is 30.6 Å². The van der Waals surface area contributed by atoms with Crippen LogP contribution in [0.3, 0.4) is 0 Å². The molecule has 126 valence electrons. The summed E-state index contributed by atoms with van der Waals surface area (Å²) < 4.78 is 5.13. The lowest BCUT2D eigenvalue weighted by molar-refractivity contribution is -0.233. The minimum absolute atomic E-state index is 0.156. The molecule has 23 heavy (non-hydrogen) atoms. The molecule has 1 aromatic rings. The maximum atomic E-state index is 12.2. The van der Waals surface area contributed by atoms with Gasteiger partial charge in [-0.25, -0.2) is 4.79 Å². The van der Waals surface area contributed by atoms with E-state index in [2.05, 4.69) is 5.32 Å². The Morgan fingerprint density at radius 2 is 1.65 bits per heavy atom. The van der Waals surface area contributed by atoms with Gasteiger partial charge in [0.2, 0.25) is 0 Å². The smallest absolute Gasteiger partial charge is 0.336 e. The number of hydrogen-bond acceptors (Lipinski definition) is 7. The van der Waals surface area contributed by atoms with Crippen molar-refractivity contribution in [1.82, 2.24) is 5.32 Å². The van der Waals surface area contributed by atoms with Gasteiger partial charge in [-0.15, -0.1) is 0 Å². The molecule has 2 rings (SSSR count). The van der Waals surface area contributed by atoms with E-state index in [-0.39, 0.29) is 11.1 Å². The van der Waals surface area contributed by atoms with Crippen LogP contribution < -0.4 is 5.32 Å². The van der Waals surface area contributed by atoms with Gasteiger partial charge in [0.05, 0.1) is 17.7 Å². The fraction of sp³-hybridized carbons (Fsp3) is 0.429. The number of rotatable bonds is 4. The van der Waals surface area contributed by atoms with Gasteiger partial charge in [-0.2, -0.15) is 0 Å². The SMILES string of the molecule is O=C(O)c1ccccc1C(=O)NC1OC(CO)C(O)C(O)C1O. The van der Waals surface area contributed by atoms with E-state index in [0.29, 0.717) is 0 Å². The topological polar surface area (TPSA) is 157 Å². The number of carboxylic acid groups (broad SMARTS) is 1. The first-order chi connectivity index (χ1) is 10.9. The summed E-state index contributed by atoms with van der Waals surface area (Å²) in [5.74, 6) is -2.14. The van der Waals surface area contributed by atoms with Crippen molar-refractivity contribution < 1.29 is 39.9 Å². The number of aromatic carboxylic acids is 1. The molecule has 5 unspecified atom stereocenters. The van der Waals surface area contributed by atoms with Crippen molar-refractivity contribution in [1.29, 1.82) is 0 Å². The summed E-state index contributed by atoms with van der Waals surface area (Å²) in [5, 5.41) is 49.5. The predicted molar refractivity (Wildman–Crippen MR) is 74.6 cm³/mol. The molecule has 9 nitrogen and oxygen atoms in total. The van der Waals surface area contributed by atoms with Crippen LogP contribution in [0.15, 0.2) is 24.3 Å². The van der Waals surface area contributed by atoms with E-state index in [9.17, 15) is 24.9 Å². The van der Waals surface area contributed by atoms with E-state index in [1.807, 2.05) is 0 Å². The van der Waals surface area contributed by atoms with Crippen molar-refractivity contribution >= 4 is 11.9 Å². The van der Waals surface area contributed by atoms with E-state index < -0.39 is 49.1 Å². The Morgan fingerprint density at radius 1 is 1.04 bits per heavy atom. The predicted octanol–water partition coefficient (Wildman–Crippen LogP) is -2.09. The van der Waals surface area contributed by atoms with Gasteiger partial charge >= 0.3 is 5.97 Å². The van der Waals surface area contributed by atoms with Gasteiger partial charge in [-0.1, -0.05) is 12.1 Å². The number of hydrogen-bond donors (Lipinski definition) is 6. The molecule has 5 atom stereocenters. The van der Waals surface area contributed by atoms with Crippen molar-refractivity contribution in [2.75, 3.05) is 6.61 Å². The van der Waals surface area contributed by atoms with Crippen LogP contribution in [0.1, 0.15) is 20.7 Å². The van der Waals surface area contributed by atoms with Gasteiger partial charge in [0.15, 0.2) is 6.23 Å². The Hall–Kier alpha value is -2.04. The summed E-state index contributed by atoms with van der Waals surface area (Å²) >= 11 is 0. The third kappa shape index (κ3) is 3.49. The Kier molecular flexibility index (Phi) is 5.29. The molecule has 1 saturated heterocycles. The standard InChI is InChI=1S/C14H17NO8/c16-5-8-9(17)10(18)11(19)13(23-8)15-12(20)6-3-1-2-4-7(6)14(21)22/h1-4,8-11,13,16-19H,5H2,(H,15,20)(H,21,22). The van der Waals surface area contributed by atoms with Crippen LogP contribution >= 0.6 is 0 Å². The molecular weight excluding hydrogens is 310 g/mol. The fourth-order valence-corrected chi connectivity index (χ4v) is 2.30. The Morgan fingerprint density at radius 3 is 2.22 bits per heavy atom. The molecule has 1 aliphatic rings. The molecule has 0 radical (unpaired) electrons. The van der Waals surface area contributed by atoms with Crippen molar-refractivity contribution in [2.24, 2.45) is 0 Å². The van der Waals surface area contributed by atoms with Crippen LogP contribution in [-0.2, 0) is 4.74 Å². The first-order valence-corrected chi connectivity index (χ1v) is 6.80. The van der Waals surface area contributed by atoms with Crippen molar-refractivity contribution in [3.63, 3.8) is 0 Å². The van der Waals surface area contributed by atoms with E-state index in [0.717, 1.165) is 0 Å². The number of aliphatic hydroxyl groups excluding tert-OH is 4. The van der Waals surface area contributed by atoms with Crippen LogP contribution in [0, 0.1) is 0 Å². The lowest BCUT2D eigenvalue weighted by Gasteiger charge is -2.40. The average Bonchev–Trinajstić information content (AvgIpc) is 2.55. The Balaban J connectivity index is 2.18. The second kappa shape index (κ2) is 7.02. The summed E-state index contributed by atoms with van der Waals surface area (Å²) in [5.41, 5.74) is -0.397. The van der Waals surface area contributed by atoms with Gasteiger partial charge in [0, 0.05) is 0 Å². The minimum atomic E-state index is -1.64. The lowest BCUT2D eigenvalue weighted by atomic mass is 9.98. The monoisotopic (exact) mass is 327 g/mol. The highest BCUT2D eigenvalue weighted by atomic mass is 16.6. The second-order valence-electron chi connectivity index (χ2n) is 5.07. The van der Waals surface area contributed by atoms with Gasteiger partial charge in [-0.3, -0.25) is 4.79 Å². The number of carboxylic acids is 1. The highest BCUT2D eigenvalue weighted by Crippen LogP contribution is 2.20. The number of amides is 1. The maximum absolute atomic E-state index is 12.2. The van der Waals surface area contributed by atoms with Gasteiger partial charge in [-0.05, 0) is 12.1 Å². The zero-order valence-electron chi connectivity index (χ0n) is 11.9. The first-order valence-electron chi connectivity index (χ1n) is 6.80. The summed E-state index contributed by atoms with van der Waals surface area (Å²) in [6.07, 6.45) is -7.42. The Labute approximate surface area is 130 Å². The highest BCUT2D eigenvalue weighted by molar-refractivity contribution is 6.04. The molecule has 9 heteroatoms. The zero-order valence-corrected chi connectivity index (χ0v) is 11.9. The minimum Gasteiger partial charge on any atom is -0.478 e. The average molecular weight is 327 g/mol. The van der Waals surface area contributed by atoms with Crippen molar-refractivity contribution in [3.8, 4) is 0 Å². The van der Waals surface area contributed by atoms with E-state index >= 15 is 0 Å². The van der Waals surface area contributed by atoms with E-state index in [1.54, 1.807) is 0 Å². The van der Waals surface area contributed by atoms with E-state index in [4.69, 9.17) is 14.9 Å². The fourth-order valence-electron chi connectivity index (χ4n) is 2.30. The number of nitrogens with one attached hydrogen (secondary N) is 1. The van der Waals surface area contributed by atoms with Crippen molar-refractivity contribution in [3.05, 3.63) is 35.4 Å². The number of benzene rings is 1. The van der Waals surface area contributed by atoms with Crippen LogP contribution in [0.25, 0.3) is 0 Å². The molecule has 0 bridgehead atoms. The van der Waals surface area contributed by atoms with Crippen LogP contribution in [0.2, 0.25) is 0 Å². The van der Waals surface area contributed by atoms with Crippen LogP contribution in [0.5, 0.6) is 0 Å². The van der Waals surface area contributed by atoms with Crippen LogP contribution in [0.4, 0.5) is 0 Å². The normalized spacial score (nSPS) is 30.7. The first kappa shape index (κ1) is 17.3. The largest absolute Gasteiger partial charge is 0.478 e. The quantitative estimate of drug-likeness (QED) is 0.368.